The molecular weight excluding hydrogens is 481 g/mol. The van der Waals surface area contributed by atoms with Crippen LogP contribution < -0.4 is 8.92 Å². The van der Waals surface area contributed by atoms with Crippen LogP contribution in [0.15, 0.2) is 78.9 Å². The molecule has 3 aromatic carbocycles. The number of para-hydroxylation sites is 1. The number of methoxy groups -OCH3 is 1. The molecule has 4 rings (SSSR count). The van der Waals surface area contributed by atoms with Crippen LogP contribution in [-0.2, 0) is 14.9 Å². The zero-order valence-corrected chi connectivity index (χ0v) is 20.8. The largest absolute Gasteiger partial charge is 0.534 e. The van der Waals surface area contributed by atoms with Gasteiger partial charge in [-0.3, -0.25) is 0 Å². The molecule has 0 spiro atoms. The van der Waals surface area contributed by atoms with Gasteiger partial charge in [-0.05, 0) is 29.3 Å². The second-order valence-electron chi connectivity index (χ2n) is 7.30. The quantitative estimate of drug-likeness (QED) is 0.296. The van der Waals surface area contributed by atoms with E-state index in [1.54, 1.807) is 26.4 Å². The summed E-state index contributed by atoms with van der Waals surface area (Å²) in [5, 5.41) is 0. The van der Waals surface area contributed by atoms with Crippen molar-refractivity contribution in [2.24, 2.45) is 0 Å². The summed E-state index contributed by atoms with van der Waals surface area (Å²) >= 11 is 0. The molecule has 0 aliphatic carbocycles. The van der Waals surface area contributed by atoms with Gasteiger partial charge in [0.1, 0.15) is 11.5 Å². The first-order chi connectivity index (χ1) is 16.7. The molecule has 3 aromatic rings. The molecule has 0 aromatic heterocycles. The molecule has 0 bridgehead atoms. The van der Waals surface area contributed by atoms with E-state index in [9.17, 15) is 21.6 Å². The molecule has 0 radical (unpaired) electrons. The van der Waals surface area contributed by atoms with Gasteiger partial charge in [-0.15, -0.1) is 0 Å². The minimum atomic E-state index is -5.71. The van der Waals surface area contributed by atoms with Gasteiger partial charge in [0.25, 0.3) is 0 Å². The summed E-state index contributed by atoms with van der Waals surface area (Å²) in [5.74, 6) is 0.208. The number of ether oxygens (including phenoxy) is 2. The average Bonchev–Trinajstić information content (AvgIpc) is 2.85. The zero-order chi connectivity index (χ0) is 26.1. The normalized spacial score (nSPS) is 16.9. The van der Waals surface area contributed by atoms with E-state index in [1.807, 2.05) is 68.4 Å². The first kappa shape index (κ1) is 28.2. The molecule has 190 valence electrons. The van der Waals surface area contributed by atoms with Crippen LogP contribution in [0.2, 0.25) is 0 Å². The predicted octanol–water partition coefficient (Wildman–Crippen LogP) is 6.51. The van der Waals surface area contributed by atoms with Gasteiger partial charge in [-0.1, -0.05) is 74.5 Å². The Morgan fingerprint density at radius 3 is 1.94 bits per heavy atom. The van der Waals surface area contributed by atoms with E-state index in [1.165, 1.54) is 12.1 Å². The number of alkyl halides is 3. The van der Waals surface area contributed by atoms with E-state index in [2.05, 4.69) is 8.92 Å². The van der Waals surface area contributed by atoms with Crippen LogP contribution in [0.1, 0.15) is 42.4 Å². The Kier molecular flexibility index (Phi) is 10.2. The first-order valence-corrected chi connectivity index (χ1v) is 12.4. The highest BCUT2D eigenvalue weighted by molar-refractivity contribution is 7.88. The first-order valence-electron chi connectivity index (χ1n) is 11.0. The topological polar surface area (TPSA) is 61.8 Å². The summed E-state index contributed by atoms with van der Waals surface area (Å²) in [6.07, 6.45) is 0. The molecular formula is C26H29F3O5S. The molecule has 1 aliphatic heterocycles. The second-order valence-corrected chi connectivity index (χ2v) is 8.84. The van der Waals surface area contributed by atoms with Gasteiger partial charge in [-0.2, -0.15) is 21.6 Å². The molecule has 0 N–H and O–H groups in total. The van der Waals surface area contributed by atoms with Gasteiger partial charge in [0.2, 0.25) is 0 Å². The van der Waals surface area contributed by atoms with Gasteiger partial charge in [-0.25, -0.2) is 0 Å². The van der Waals surface area contributed by atoms with Gasteiger partial charge < -0.3 is 13.7 Å². The highest BCUT2D eigenvalue weighted by Gasteiger charge is 2.48. The van der Waals surface area contributed by atoms with Crippen LogP contribution in [0.3, 0.4) is 0 Å². The molecule has 9 heteroatoms. The van der Waals surface area contributed by atoms with Crippen molar-refractivity contribution < 1.29 is 35.2 Å². The molecule has 0 saturated heterocycles. The summed E-state index contributed by atoms with van der Waals surface area (Å²) in [4.78, 5) is 0. The maximum Gasteiger partial charge on any atom is 0.534 e. The van der Waals surface area contributed by atoms with E-state index in [-0.39, 0.29) is 11.8 Å². The number of halogens is 3. The molecule has 1 aliphatic rings. The van der Waals surface area contributed by atoms with E-state index in [0.29, 0.717) is 6.61 Å². The van der Waals surface area contributed by atoms with Gasteiger partial charge >= 0.3 is 15.6 Å². The molecule has 2 atom stereocenters. The van der Waals surface area contributed by atoms with E-state index < -0.39 is 21.4 Å². The molecule has 5 nitrogen and oxygen atoms in total. The Hall–Kier alpha value is -3.04. The Bertz CT molecular complexity index is 1150. The second kappa shape index (κ2) is 12.6. The Labute approximate surface area is 204 Å². The van der Waals surface area contributed by atoms with E-state index >= 15 is 0 Å². The third-order valence-electron chi connectivity index (χ3n) is 5.03. The average molecular weight is 511 g/mol. The number of fused-ring (bicyclic) bond motifs is 1. The fourth-order valence-electron chi connectivity index (χ4n) is 3.67. The van der Waals surface area contributed by atoms with Crippen molar-refractivity contribution >= 4 is 10.1 Å². The third-order valence-corrected chi connectivity index (χ3v) is 6.01. The molecule has 0 saturated carbocycles. The monoisotopic (exact) mass is 510 g/mol. The highest BCUT2D eigenvalue weighted by atomic mass is 32.2. The van der Waals surface area contributed by atoms with Crippen molar-refractivity contribution in [3.63, 3.8) is 0 Å². The van der Waals surface area contributed by atoms with Crippen molar-refractivity contribution in [3.8, 4) is 11.5 Å². The number of hydrogen-bond acceptors (Lipinski definition) is 5. The van der Waals surface area contributed by atoms with Gasteiger partial charge in [0.05, 0.1) is 6.61 Å². The van der Waals surface area contributed by atoms with Crippen LogP contribution in [0.25, 0.3) is 0 Å². The Balaban J connectivity index is 0.000000803. The van der Waals surface area contributed by atoms with Crippen molar-refractivity contribution in [3.05, 3.63) is 95.6 Å². The standard InChI is InChI=1S/C22H17F3O4S.C2H6O.C2H6/c23-22(24,25)30(26,27)29-17-12-10-16(11-13-17)21-18-8-4-5-9-20(18)28-14-19(21)15-6-2-1-3-7-15;1-3-2;1-2/h1-13,19,21H,14H2;1-2H3;1-2H3. The smallest absolute Gasteiger partial charge is 0.493 e. The van der Waals surface area contributed by atoms with Crippen LogP contribution in [0.4, 0.5) is 13.2 Å². The van der Waals surface area contributed by atoms with Crippen LogP contribution in [-0.4, -0.2) is 34.8 Å². The van der Waals surface area contributed by atoms with Gasteiger partial charge in [0.15, 0.2) is 0 Å². The lowest BCUT2D eigenvalue weighted by atomic mass is 9.76. The fourth-order valence-corrected chi connectivity index (χ4v) is 4.13. The number of hydrogen-bond donors (Lipinski definition) is 0. The summed E-state index contributed by atoms with van der Waals surface area (Å²) in [6.45, 7) is 4.44. The minimum Gasteiger partial charge on any atom is -0.493 e. The highest BCUT2D eigenvalue weighted by Crippen LogP contribution is 2.46. The minimum absolute atomic E-state index is 0.0215. The molecule has 35 heavy (non-hydrogen) atoms. The van der Waals surface area contributed by atoms with Crippen LogP contribution in [0, 0.1) is 0 Å². The predicted molar refractivity (Wildman–Crippen MR) is 129 cm³/mol. The van der Waals surface area contributed by atoms with E-state index in [0.717, 1.165) is 22.4 Å². The third kappa shape index (κ3) is 6.99. The molecule has 1 heterocycles. The Morgan fingerprint density at radius 2 is 1.37 bits per heavy atom. The summed E-state index contributed by atoms with van der Waals surface area (Å²) in [6, 6.07) is 23.0. The number of benzene rings is 3. The maximum absolute atomic E-state index is 12.6. The van der Waals surface area contributed by atoms with E-state index in [4.69, 9.17) is 4.74 Å². The number of rotatable bonds is 4. The van der Waals surface area contributed by atoms with Crippen molar-refractivity contribution in [1.29, 1.82) is 0 Å². The van der Waals surface area contributed by atoms with Crippen molar-refractivity contribution in [2.75, 3.05) is 20.8 Å². The van der Waals surface area contributed by atoms with Crippen LogP contribution in [0.5, 0.6) is 11.5 Å². The lowest BCUT2D eigenvalue weighted by Gasteiger charge is -2.34. The Morgan fingerprint density at radius 1 is 0.829 bits per heavy atom. The maximum atomic E-state index is 12.6. The lowest BCUT2D eigenvalue weighted by molar-refractivity contribution is -0.0500. The molecule has 2 unspecified atom stereocenters. The fraction of sp³-hybridized carbons (Fsp3) is 0.308. The summed E-state index contributed by atoms with van der Waals surface area (Å²) in [7, 11) is -2.46. The SMILES string of the molecule is CC.COC.O=S(=O)(Oc1ccc(C2c3ccccc3OCC2c2ccccc2)cc1)C(F)(F)F. The summed E-state index contributed by atoms with van der Waals surface area (Å²) in [5.41, 5.74) is -2.65. The molecule has 0 amide bonds. The van der Waals surface area contributed by atoms with Crippen molar-refractivity contribution in [1.82, 2.24) is 0 Å². The van der Waals surface area contributed by atoms with Gasteiger partial charge in [0, 0.05) is 31.6 Å². The molecule has 0 fully saturated rings. The summed E-state index contributed by atoms with van der Waals surface area (Å²) < 4.78 is 74.6. The van der Waals surface area contributed by atoms with Crippen LogP contribution >= 0.6 is 0 Å². The zero-order valence-electron chi connectivity index (χ0n) is 20.0. The lowest BCUT2D eigenvalue weighted by Crippen LogP contribution is -2.28. The van der Waals surface area contributed by atoms with Crippen molar-refractivity contribution in [2.45, 2.75) is 31.2 Å².